The van der Waals surface area contributed by atoms with E-state index in [1.54, 1.807) is 0 Å². The molecule has 0 fully saturated rings. The average Bonchev–Trinajstić information content (AvgIpc) is 2.71. The predicted octanol–water partition coefficient (Wildman–Crippen LogP) is 0.118. The lowest BCUT2D eigenvalue weighted by Crippen LogP contribution is -2.31. The molecule has 2 rings (SSSR count). The topological polar surface area (TPSA) is 65.4 Å². The lowest BCUT2D eigenvalue weighted by atomic mass is 9.79. The normalized spacial score (nSPS) is 10.1. The molecule has 80 valence electrons. The van der Waals surface area contributed by atoms with E-state index >= 15 is 0 Å². The maximum atomic E-state index is 13.8. The van der Waals surface area contributed by atoms with Gasteiger partial charge in [0.05, 0.1) is 21.4 Å². The Bertz CT molecular complexity index is 579. The second-order valence-corrected chi connectivity index (χ2v) is 3.86. The van der Waals surface area contributed by atoms with Crippen LogP contribution < -0.4 is 10.8 Å². The van der Waals surface area contributed by atoms with Crippen LogP contribution >= 0.6 is 11.3 Å². The molecule has 1 aromatic heterocycles. The smallest absolute Gasteiger partial charge is 0.423 e. The van der Waals surface area contributed by atoms with Gasteiger partial charge in [-0.05, 0) is 6.07 Å². The van der Waals surface area contributed by atoms with Gasteiger partial charge in [0.15, 0.2) is 5.82 Å². The molecule has 0 aliphatic carbocycles. The number of nitrogens with zero attached hydrogens (tertiary/aromatic N) is 1. The molecule has 0 aliphatic heterocycles. The molecule has 0 bridgehead atoms. The van der Waals surface area contributed by atoms with Crippen LogP contribution in [0.25, 0.3) is 10.2 Å². The minimum atomic E-state index is -1.72. The Balaban J connectivity index is 2.75. The van der Waals surface area contributed by atoms with Gasteiger partial charge in [0.25, 0.3) is 0 Å². The molecule has 4 nitrogen and oxygen atoms in total. The van der Waals surface area contributed by atoms with E-state index in [2.05, 4.69) is 16.3 Å². The molecule has 2 aromatic rings. The van der Waals surface area contributed by atoms with E-state index in [-0.39, 0.29) is 21.4 Å². The summed E-state index contributed by atoms with van der Waals surface area (Å²) in [6.07, 6.45) is 5.01. The van der Waals surface area contributed by atoms with E-state index in [0.29, 0.717) is 0 Å². The SMILES string of the molecule is C#CNc1cc(B(O)O)c2ncsc2c1F. The van der Waals surface area contributed by atoms with Gasteiger partial charge in [-0.1, -0.05) is 6.42 Å². The number of terminal acetylenes is 1. The molecular weight excluding hydrogens is 230 g/mol. The van der Waals surface area contributed by atoms with Crippen molar-refractivity contribution in [3.63, 3.8) is 0 Å². The molecule has 0 aliphatic rings. The first-order chi connectivity index (χ1) is 7.65. The van der Waals surface area contributed by atoms with Crippen LogP contribution in [-0.4, -0.2) is 22.2 Å². The van der Waals surface area contributed by atoms with Crippen LogP contribution in [0, 0.1) is 18.3 Å². The van der Waals surface area contributed by atoms with Crippen LogP contribution in [0.2, 0.25) is 0 Å². The van der Waals surface area contributed by atoms with E-state index in [1.165, 1.54) is 11.6 Å². The first-order valence-electron chi connectivity index (χ1n) is 4.28. The molecule has 0 atom stereocenters. The third-order valence-electron chi connectivity index (χ3n) is 2.06. The fourth-order valence-corrected chi connectivity index (χ4v) is 2.14. The number of thiazole rings is 1. The van der Waals surface area contributed by atoms with Gasteiger partial charge < -0.3 is 15.4 Å². The van der Waals surface area contributed by atoms with Crippen molar-refractivity contribution < 1.29 is 14.4 Å². The van der Waals surface area contributed by atoms with E-state index < -0.39 is 12.9 Å². The average molecular weight is 236 g/mol. The van der Waals surface area contributed by atoms with E-state index in [1.807, 2.05) is 0 Å². The van der Waals surface area contributed by atoms with Gasteiger partial charge in [0, 0.05) is 11.5 Å². The van der Waals surface area contributed by atoms with Crippen LogP contribution in [0.5, 0.6) is 0 Å². The van der Waals surface area contributed by atoms with Gasteiger partial charge in [-0.15, -0.1) is 11.3 Å². The number of fused-ring (bicyclic) bond motifs is 1. The second-order valence-electron chi connectivity index (χ2n) is 3.00. The molecule has 0 saturated heterocycles. The molecule has 0 radical (unpaired) electrons. The molecule has 0 amide bonds. The highest BCUT2D eigenvalue weighted by molar-refractivity contribution is 7.17. The van der Waals surface area contributed by atoms with Crippen LogP contribution in [0.15, 0.2) is 11.6 Å². The summed E-state index contributed by atoms with van der Waals surface area (Å²) in [5.74, 6) is -0.542. The minimum Gasteiger partial charge on any atom is -0.423 e. The number of benzene rings is 1. The van der Waals surface area contributed by atoms with Gasteiger partial charge >= 0.3 is 7.12 Å². The lowest BCUT2D eigenvalue weighted by Gasteiger charge is -2.06. The van der Waals surface area contributed by atoms with Gasteiger partial charge in [0.2, 0.25) is 0 Å². The van der Waals surface area contributed by atoms with Crippen molar-refractivity contribution in [2.75, 3.05) is 5.32 Å². The van der Waals surface area contributed by atoms with Crippen molar-refractivity contribution in [1.29, 1.82) is 0 Å². The van der Waals surface area contributed by atoms with Crippen molar-refractivity contribution >= 4 is 39.8 Å². The van der Waals surface area contributed by atoms with Crippen molar-refractivity contribution in [3.8, 4) is 12.5 Å². The highest BCUT2D eigenvalue weighted by Gasteiger charge is 2.21. The molecule has 3 N–H and O–H groups in total. The van der Waals surface area contributed by atoms with Crippen molar-refractivity contribution in [3.05, 3.63) is 17.4 Å². The maximum Gasteiger partial charge on any atom is 0.490 e. The van der Waals surface area contributed by atoms with Crippen LogP contribution in [0.3, 0.4) is 0 Å². The summed E-state index contributed by atoms with van der Waals surface area (Å²) in [6, 6.07) is 3.32. The highest BCUT2D eigenvalue weighted by atomic mass is 32.1. The van der Waals surface area contributed by atoms with Crippen LogP contribution in [-0.2, 0) is 0 Å². The predicted molar refractivity (Wildman–Crippen MR) is 61.9 cm³/mol. The third kappa shape index (κ3) is 1.63. The molecule has 0 saturated carbocycles. The molecule has 0 spiro atoms. The van der Waals surface area contributed by atoms with E-state index in [9.17, 15) is 4.39 Å². The standard InChI is InChI=1S/C9H6BFN2O2S/c1-2-12-6-3-5(10(14)15)8-9(7(6)11)16-4-13-8/h1,3-4,12,14-15H. The van der Waals surface area contributed by atoms with Crippen molar-refractivity contribution in [2.24, 2.45) is 0 Å². The molecular formula is C9H6BFN2O2S. The molecule has 16 heavy (non-hydrogen) atoms. The van der Waals surface area contributed by atoms with E-state index in [0.717, 1.165) is 11.3 Å². The van der Waals surface area contributed by atoms with Gasteiger partial charge in [-0.25, -0.2) is 9.37 Å². The zero-order chi connectivity index (χ0) is 11.7. The summed E-state index contributed by atoms with van der Waals surface area (Å²) in [7, 11) is -1.72. The number of aromatic nitrogens is 1. The Hall–Kier alpha value is -1.62. The Morgan fingerprint density at radius 1 is 1.56 bits per heavy atom. The van der Waals surface area contributed by atoms with Gasteiger partial charge in [-0.2, -0.15) is 0 Å². The van der Waals surface area contributed by atoms with Crippen LogP contribution in [0.1, 0.15) is 0 Å². The summed E-state index contributed by atoms with van der Waals surface area (Å²) < 4.78 is 14.0. The monoisotopic (exact) mass is 236 g/mol. The van der Waals surface area contributed by atoms with E-state index in [4.69, 9.17) is 16.5 Å². The Labute approximate surface area is 94.9 Å². The first kappa shape index (κ1) is 10.9. The second kappa shape index (κ2) is 4.10. The summed E-state index contributed by atoms with van der Waals surface area (Å²) >= 11 is 1.07. The number of rotatable bonds is 2. The largest absolute Gasteiger partial charge is 0.490 e. The fraction of sp³-hybridized carbons (Fsp3) is 0. The molecule has 1 heterocycles. The number of halogens is 1. The number of nitrogens with one attached hydrogen (secondary N) is 1. The Kier molecular flexibility index (Phi) is 2.79. The highest BCUT2D eigenvalue weighted by Crippen LogP contribution is 2.25. The van der Waals surface area contributed by atoms with Crippen molar-refractivity contribution in [2.45, 2.75) is 0 Å². The van der Waals surface area contributed by atoms with Crippen LogP contribution in [0.4, 0.5) is 10.1 Å². The summed E-state index contributed by atoms with van der Waals surface area (Å²) in [6.45, 7) is 0. The summed E-state index contributed by atoms with van der Waals surface area (Å²) in [4.78, 5) is 3.88. The Morgan fingerprint density at radius 3 is 2.94 bits per heavy atom. The van der Waals surface area contributed by atoms with Crippen molar-refractivity contribution in [1.82, 2.24) is 4.98 Å². The van der Waals surface area contributed by atoms with Gasteiger partial charge in [0.1, 0.15) is 0 Å². The number of hydrogen-bond acceptors (Lipinski definition) is 5. The quantitative estimate of drug-likeness (QED) is 0.393. The first-order valence-corrected chi connectivity index (χ1v) is 5.16. The molecule has 7 heteroatoms. The number of hydrogen-bond donors (Lipinski definition) is 3. The molecule has 0 unspecified atom stereocenters. The lowest BCUT2D eigenvalue weighted by molar-refractivity contribution is 0.426. The maximum absolute atomic E-state index is 13.8. The molecule has 1 aromatic carbocycles. The zero-order valence-electron chi connectivity index (χ0n) is 7.94. The fourth-order valence-electron chi connectivity index (χ4n) is 1.38. The summed E-state index contributed by atoms with van der Waals surface area (Å²) in [5.41, 5.74) is 1.82. The third-order valence-corrected chi connectivity index (χ3v) is 2.88. The zero-order valence-corrected chi connectivity index (χ0v) is 8.75. The Morgan fingerprint density at radius 2 is 2.31 bits per heavy atom. The number of anilines is 1. The summed E-state index contributed by atoms with van der Waals surface area (Å²) in [5, 5.41) is 20.6. The minimum absolute atomic E-state index is 0.0300. The van der Waals surface area contributed by atoms with Gasteiger partial charge in [-0.3, -0.25) is 0 Å².